The molecular weight excluding hydrogens is 286 g/mol. The van der Waals surface area contributed by atoms with E-state index >= 15 is 0 Å². The van der Waals surface area contributed by atoms with Crippen LogP contribution in [0.3, 0.4) is 0 Å². The highest BCUT2D eigenvalue weighted by atomic mass is 32.2. The summed E-state index contributed by atoms with van der Waals surface area (Å²) >= 11 is 0. The smallest absolute Gasteiger partial charge is 0.240 e. The monoisotopic (exact) mass is 307 g/mol. The summed E-state index contributed by atoms with van der Waals surface area (Å²) in [4.78, 5) is 3.35. The van der Waals surface area contributed by atoms with Gasteiger partial charge in [0, 0.05) is 24.1 Å². The summed E-state index contributed by atoms with van der Waals surface area (Å²) in [5, 5.41) is 3.21. The minimum absolute atomic E-state index is 0.275. The van der Waals surface area contributed by atoms with Gasteiger partial charge < -0.3 is 10.3 Å². The van der Waals surface area contributed by atoms with Crippen molar-refractivity contribution in [2.24, 2.45) is 0 Å². The van der Waals surface area contributed by atoms with E-state index in [1.54, 1.807) is 18.2 Å². The van der Waals surface area contributed by atoms with Gasteiger partial charge in [0.1, 0.15) is 0 Å². The second-order valence-electron chi connectivity index (χ2n) is 4.92. The van der Waals surface area contributed by atoms with Gasteiger partial charge in [0.25, 0.3) is 0 Å². The summed E-state index contributed by atoms with van der Waals surface area (Å²) in [5.74, 6) is 0. The van der Waals surface area contributed by atoms with Crippen molar-refractivity contribution in [2.75, 3.05) is 11.9 Å². The molecule has 0 atom stereocenters. The van der Waals surface area contributed by atoms with E-state index in [-0.39, 0.29) is 4.90 Å². The van der Waals surface area contributed by atoms with E-state index in [0.717, 1.165) is 29.9 Å². The van der Waals surface area contributed by atoms with Crippen LogP contribution in [0.2, 0.25) is 0 Å². The summed E-state index contributed by atoms with van der Waals surface area (Å²) in [6.45, 7) is 4.45. The van der Waals surface area contributed by atoms with E-state index in [0.29, 0.717) is 6.54 Å². The van der Waals surface area contributed by atoms with Gasteiger partial charge in [-0.2, -0.15) is 0 Å². The van der Waals surface area contributed by atoms with Gasteiger partial charge in [0.2, 0.25) is 10.0 Å². The molecule has 6 heteroatoms. The second kappa shape index (κ2) is 6.78. The molecule has 114 valence electrons. The van der Waals surface area contributed by atoms with E-state index in [9.17, 15) is 8.42 Å². The van der Waals surface area contributed by atoms with Gasteiger partial charge in [-0.3, -0.25) is 0 Å². The van der Waals surface area contributed by atoms with Crippen molar-refractivity contribution in [1.29, 1.82) is 0 Å². The molecule has 0 fully saturated rings. The van der Waals surface area contributed by atoms with Crippen molar-refractivity contribution in [2.45, 2.75) is 31.6 Å². The maximum atomic E-state index is 12.2. The SMILES string of the molecule is CCCCNS(=O)(=O)c1cccc(Nc2cc[nH]c2C)c1. The maximum Gasteiger partial charge on any atom is 0.240 e. The Balaban J connectivity index is 2.15. The number of unbranched alkanes of at least 4 members (excludes halogenated alkanes) is 1. The molecular formula is C15H21N3O2S. The second-order valence-corrected chi connectivity index (χ2v) is 6.69. The number of rotatable bonds is 7. The number of benzene rings is 1. The molecule has 0 saturated heterocycles. The molecule has 1 aromatic carbocycles. The first-order valence-electron chi connectivity index (χ1n) is 7.03. The number of anilines is 2. The van der Waals surface area contributed by atoms with Crippen molar-refractivity contribution in [3.05, 3.63) is 42.2 Å². The molecule has 1 heterocycles. The predicted octanol–water partition coefficient (Wildman–Crippen LogP) is 3.15. The van der Waals surface area contributed by atoms with Crippen LogP contribution in [-0.4, -0.2) is 19.9 Å². The highest BCUT2D eigenvalue weighted by molar-refractivity contribution is 7.89. The molecule has 5 nitrogen and oxygen atoms in total. The van der Waals surface area contributed by atoms with Gasteiger partial charge in [-0.1, -0.05) is 19.4 Å². The largest absolute Gasteiger partial charge is 0.363 e. The third kappa shape index (κ3) is 4.09. The van der Waals surface area contributed by atoms with Crippen LogP contribution in [0.25, 0.3) is 0 Å². The number of aromatic nitrogens is 1. The Morgan fingerprint density at radius 1 is 1.24 bits per heavy atom. The van der Waals surface area contributed by atoms with Gasteiger partial charge in [-0.05, 0) is 37.6 Å². The molecule has 0 spiro atoms. The van der Waals surface area contributed by atoms with Crippen LogP contribution in [0.5, 0.6) is 0 Å². The van der Waals surface area contributed by atoms with Gasteiger partial charge in [-0.25, -0.2) is 13.1 Å². The van der Waals surface area contributed by atoms with Crippen LogP contribution in [0, 0.1) is 6.92 Å². The standard InChI is InChI=1S/C15H21N3O2S/c1-3-4-9-17-21(19,20)14-7-5-6-13(11-14)18-15-8-10-16-12(15)2/h5-8,10-11,16-18H,3-4,9H2,1-2H3. The maximum absolute atomic E-state index is 12.2. The van der Waals surface area contributed by atoms with E-state index in [4.69, 9.17) is 0 Å². The van der Waals surface area contributed by atoms with Gasteiger partial charge >= 0.3 is 0 Å². The zero-order valence-corrected chi connectivity index (χ0v) is 13.1. The molecule has 2 aromatic rings. The Hall–Kier alpha value is -1.79. The van der Waals surface area contributed by atoms with Crippen molar-refractivity contribution >= 4 is 21.4 Å². The Morgan fingerprint density at radius 2 is 2.05 bits per heavy atom. The molecule has 1 aromatic heterocycles. The Morgan fingerprint density at radius 3 is 2.71 bits per heavy atom. The number of aromatic amines is 1. The normalized spacial score (nSPS) is 11.5. The summed E-state index contributed by atoms with van der Waals surface area (Å²) in [6.07, 6.45) is 3.63. The molecule has 0 aliphatic carbocycles. The zero-order valence-electron chi connectivity index (χ0n) is 12.3. The van der Waals surface area contributed by atoms with Gasteiger partial charge in [0.15, 0.2) is 0 Å². The van der Waals surface area contributed by atoms with Crippen LogP contribution in [0.1, 0.15) is 25.5 Å². The van der Waals surface area contributed by atoms with E-state index in [1.165, 1.54) is 0 Å². The molecule has 2 rings (SSSR count). The fraction of sp³-hybridized carbons (Fsp3) is 0.333. The summed E-state index contributed by atoms with van der Waals surface area (Å²) in [7, 11) is -3.44. The molecule has 0 radical (unpaired) electrons. The molecule has 3 N–H and O–H groups in total. The third-order valence-electron chi connectivity index (χ3n) is 3.20. The Bertz CT molecular complexity index is 692. The Labute approximate surface area is 125 Å². The summed E-state index contributed by atoms with van der Waals surface area (Å²) < 4.78 is 27.0. The fourth-order valence-corrected chi connectivity index (χ4v) is 3.07. The number of nitrogens with one attached hydrogen (secondary N) is 3. The third-order valence-corrected chi connectivity index (χ3v) is 4.66. The Kier molecular flexibility index (Phi) is 5.03. The predicted molar refractivity (Wildman–Crippen MR) is 85.4 cm³/mol. The lowest BCUT2D eigenvalue weighted by Crippen LogP contribution is -2.24. The average molecular weight is 307 g/mol. The lowest BCUT2D eigenvalue weighted by molar-refractivity contribution is 0.578. The number of hydrogen-bond acceptors (Lipinski definition) is 3. The molecule has 0 aliphatic rings. The van der Waals surface area contributed by atoms with E-state index in [1.807, 2.05) is 32.2 Å². The first kappa shape index (κ1) is 15.6. The molecule has 0 amide bonds. The van der Waals surface area contributed by atoms with Crippen molar-refractivity contribution in [1.82, 2.24) is 9.71 Å². The first-order valence-corrected chi connectivity index (χ1v) is 8.52. The molecule has 0 aliphatic heterocycles. The number of sulfonamides is 1. The van der Waals surface area contributed by atoms with Crippen molar-refractivity contribution in [3.63, 3.8) is 0 Å². The van der Waals surface area contributed by atoms with Gasteiger partial charge in [-0.15, -0.1) is 0 Å². The van der Waals surface area contributed by atoms with Crippen LogP contribution in [-0.2, 0) is 10.0 Å². The first-order chi connectivity index (χ1) is 10.0. The topological polar surface area (TPSA) is 74.0 Å². The van der Waals surface area contributed by atoms with Crippen molar-refractivity contribution in [3.8, 4) is 0 Å². The zero-order chi connectivity index (χ0) is 15.3. The molecule has 0 unspecified atom stereocenters. The lowest BCUT2D eigenvalue weighted by Gasteiger charge is -2.09. The molecule has 0 bridgehead atoms. The van der Waals surface area contributed by atoms with Crippen molar-refractivity contribution < 1.29 is 8.42 Å². The minimum atomic E-state index is -3.44. The van der Waals surface area contributed by atoms with E-state index < -0.39 is 10.0 Å². The summed E-state index contributed by atoms with van der Waals surface area (Å²) in [5.41, 5.74) is 2.68. The number of aryl methyl sites for hydroxylation is 1. The van der Waals surface area contributed by atoms with Gasteiger partial charge in [0.05, 0.1) is 10.6 Å². The van der Waals surface area contributed by atoms with Crippen LogP contribution < -0.4 is 10.0 Å². The van der Waals surface area contributed by atoms with E-state index in [2.05, 4.69) is 15.0 Å². The average Bonchev–Trinajstić information content (AvgIpc) is 2.85. The number of H-pyrrole nitrogens is 1. The lowest BCUT2D eigenvalue weighted by atomic mass is 10.3. The number of hydrogen-bond donors (Lipinski definition) is 3. The molecule has 0 saturated carbocycles. The minimum Gasteiger partial charge on any atom is -0.363 e. The summed E-state index contributed by atoms with van der Waals surface area (Å²) in [6, 6.07) is 8.73. The van der Waals surface area contributed by atoms with Crippen LogP contribution in [0.15, 0.2) is 41.4 Å². The highest BCUT2D eigenvalue weighted by Gasteiger charge is 2.13. The van der Waals surface area contributed by atoms with Crippen LogP contribution >= 0.6 is 0 Å². The fourth-order valence-electron chi connectivity index (χ4n) is 1.95. The molecule has 21 heavy (non-hydrogen) atoms. The quantitative estimate of drug-likeness (QED) is 0.688. The van der Waals surface area contributed by atoms with Crippen LogP contribution in [0.4, 0.5) is 11.4 Å². The highest BCUT2D eigenvalue weighted by Crippen LogP contribution is 2.21.